The molecule has 1 aliphatic carbocycles. The molecule has 0 bridgehead atoms. The van der Waals surface area contributed by atoms with Gasteiger partial charge >= 0.3 is 6.36 Å². The number of carbonyl (C=O) groups is 1. The minimum atomic E-state index is -4.92. The lowest BCUT2D eigenvalue weighted by Gasteiger charge is -2.24. The number of alkyl halides is 4. The Balaban J connectivity index is 0.000000253. The van der Waals surface area contributed by atoms with E-state index in [0.717, 1.165) is 41.9 Å². The highest BCUT2D eigenvalue weighted by Gasteiger charge is 2.40. The Morgan fingerprint density at radius 2 is 1.93 bits per heavy atom. The number of nitrogens with zero attached hydrogens (tertiary/aromatic N) is 7. The molecule has 4 aromatic heterocycles. The summed E-state index contributed by atoms with van der Waals surface area (Å²) in [6, 6.07) is 3.85. The molecule has 0 aliphatic heterocycles. The minimum Gasteiger partial charge on any atom is -0.386 e. The molecule has 0 saturated carbocycles. The third-order valence-electron chi connectivity index (χ3n) is 5.81. The lowest BCUT2D eigenvalue weighted by Crippen LogP contribution is -2.23. The van der Waals surface area contributed by atoms with E-state index in [1.165, 1.54) is 18.2 Å². The Labute approximate surface area is 238 Å². The van der Waals surface area contributed by atoms with Crippen molar-refractivity contribution in [2.45, 2.75) is 45.4 Å². The summed E-state index contributed by atoms with van der Waals surface area (Å²) in [4.78, 5) is 17.6. The van der Waals surface area contributed by atoms with Crippen LogP contribution in [-0.2, 0) is 23.7 Å². The zero-order valence-corrected chi connectivity index (χ0v) is 23.3. The summed E-state index contributed by atoms with van der Waals surface area (Å²) in [6.07, 6.45) is 5.15. The van der Waals surface area contributed by atoms with Crippen LogP contribution in [0.15, 0.2) is 49.6 Å². The van der Waals surface area contributed by atoms with Gasteiger partial charge in [0.05, 0.1) is 23.8 Å². The molecule has 15 heteroatoms. The Kier molecular flexibility index (Phi) is 11.6. The van der Waals surface area contributed by atoms with Crippen LogP contribution in [0.4, 0.5) is 27.6 Å². The summed E-state index contributed by atoms with van der Waals surface area (Å²) in [6.45, 7) is 8.85. The largest absolute Gasteiger partial charge is 0.574 e. The van der Waals surface area contributed by atoms with Gasteiger partial charge in [-0.05, 0) is 31.4 Å². The minimum absolute atomic E-state index is 0.0982. The van der Waals surface area contributed by atoms with Gasteiger partial charge in [-0.2, -0.15) is 14.8 Å². The van der Waals surface area contributed by atoms with Crippen molar-refractivity contribution in [3.63, 3.8) is 0 Å². The second kappa shape index (κ2) is 14.7. The number of ether oxygens (including phenoxy) is 1. The van der Waals surface area contributed by atoms with Gasteiger partial charge in [0.25, 0.3) is 0 Å². The van der Waals surface area contributed by atoms with Crippen LogP contribution >= 0.6 is 0 Å². The number of carbonyl (C=O) groups excluding carboxylic acids is 1. The second-order valence-corrected chi connectivity index (χ2v) is 8.55. The van der Waals surface area contributed by atoms with Crippen molar-refractivity contribution in [3.05, 3.63) is 77.9 Å². The van der Waals surface area contributed by atoms with E-state index in [1.807, 2.05) is 39.5 Å². The molecule has 0 unspecified atom stereocenters. The maximum Gasteiger partial charge on any atom is 0.574 e. The number of allylic oxidation sites excluding steroid dienone is 1. The number of hydrogen-bond donors (Lipinski definition) is 1. The molecule has 1 aliphatic rings. The molecule has 1 atom stereocenters. The van der Waals surface area contributed by atoms with Gasteiger partial charge in [-0.3, -0.25) is 9.48 Å². The number of fused-ring (bicyclic) bond motifs is 3. The Bertz CT molecular complexity index is 1540. The Morgan fingerprint density at radius 1 is 1.24 bits per heavy atom. The third kappa shape index (κ3) is 8.09. The molecule has 1 amide bonds. The van der Waals surface area contributed by atoms with Crippen molar-refractivity contribution in [1.29, 1.82) is 5.26 Å². The van der Waals surface area contributed by atoms with Crippen molar-refractivity contribution in [2.75, 3.05) is 12.0 Å². The van der Waals surface area contributed by atoms with E-state index in [9.17, 15) is 26.7 Å². The van der Waals surface area contributed by atoms with Crippen LogP contribution in [0.3, 0.4) is 0 Å². The summed E-state index contributed by atoms with van der Waals surface area (Å²) in [5.74, 6) is -1.35. The number of aryl methyl sites for hydroxylation is 2. The number of pyridine rings is 1. The van der Waals surface area contributed by atoms with Crippen molar-refractivity contribution in [1.82, 2.24) is 29.4 Å². The number of halogens is 5. The molecule has 224 valence electrons. The van der Waals surface area contributed by atoms with Gasteiger partial charge in [0.15, 0.2) is 5.65 Å². The average molecular weight is 593 g/mol. The quantitative estimate of drug-likeness (QED) is 0.186. The summed E-state index contributed by atoms with van der Waals surface area (Å²) in [5.41, 5.74) is 3.31. The summed E-state index contributed by atoms with van der Waals surface area (Å²) in [5, 5.41) is 18.9. The van der Waals surface area contributed by atoms with Gasteiger partial charge in [-0.1, -0.05) is 19.9 Å². The van der Waals surface area contributed by atoms with E-state index in [2.05, 4.69) is 43.7 Å². The number of rotatable bonds is 5. The van der Waals surface area contributed by atoms with Gasteiger partial charge in [0.1, 0.15) is 18.3 Å². The van der Waals surface area contributed by atoms with Crippen LogP contribution in [0.2, 0.25) is 0 Å². The van der Waals surface area contributed by atoms with E-state index in [0.29, 0.717) is 12.1 Å². The van der Waals surface area contributed by atoms with E-state index in [-0.39, 0.29) is 11.1 Å². The lowest BCUT2D eigenvalue weighted by atomic mass is 9.82. The van der Waals surface area contributed by atoms with E-state index in [4.69, 9.17) is 5.26 Å². The molecule has 10 nitrogen and oxygen atoms in total. The number of anilines is 1. The molecular weight excluding hydrogens is 563 g/mol. The smallest absolute Gasteiger partial charge is 0.386 e. The molecule has 5 rings (SSSR count). The molecule has 0 radical (unpaired) electrons. The molecule has 42 heavy (non-hydrogen) atoms. The molecule has 0 spiro atoms. The molecular formula is C27H29F5N8O2. The first-order chi connectivity index (χ1) is 19.9. The van der Waals surface area contributed by atoms with Gasteiger partial charge in [0, 0.05) is 36.5 Å². The van der Waals surface area contributed by atoms with Gasteiger partial charge in [-0.15, -0.1) is 24.8 Å². The topological polar surface area (TPSA) is 123 Å². The highest BCUT2D eigenvalue weighted by atomic mass is 19.4. The fourth-order valence-corrected chi connectivity index (χ4v) is 4.07. The van der Waals surface area contributed by atoms with Crippen LogP contribution in [-0.4, -0.2) is 48.8 Å². The number of aromatic nitrogens is 6. The summed E-state index contributed by atoms with van der Waals surface area (Å²) < 4.78 is 66.6. The Hall–Kier alpha value is -4.87. The SMILES string of the molecule is C=CCF.CC.Cn1cc([C@]2(C)CCc3cnc4cc(F)nn4c32)cn1.N#Cc1cc(NC=O)cnc1OC(F)(F)F. The maximum atomic E-state index is 13.5. The van der Waals surface area contributed by atoms with Crippen LogP contribution in [0.1, 0.15) is 49.6 Å². The fraction of sp³-hybridized carbons (Fsp3) is 0.333. The van der Waals surface area contributed by atoms with Crippen molar-refractivity contribution in [3.8, 4) is 11.9 Å². The zero-order valence-electron chi connectivity index (χ0n) is 23.3. The third-order valence-corrected chi connectivity index (χ3v) is 5.81. The lowest BCUT2D eigenvalue weighted by molar-refractivity contribution is -0.276. The molecule has 1 N–H and O–H groups in total. The molecule has 0 fully saturated rings. The summed E-state index contributed by atoms with van der Waals surface area (Å²) in [7, 11) is 1.90. The first-order valence-electron chi connectivity index (χ1n) is 12.5. The van der Waals surface area contributed by atoms with Gasteiger partial charge in [0.2, 0.25) is 18.2 Å². The average Bonchev–Trinajstić information content (AvgIpc) is 3.67. The van der Waals surface area contributed by atoms with Gasteiger partial charge in [-0.25, -0.2) is 18.9 Å². The Morgan fingerprint density at radius 3 is 2.48 bits per heavy atom. The molecule has 0 saturated heterocycles. The zero-order chi connectivity index (χ0) is 31.5. The standard InChI is InChI=1S/C14H14FN5.C8H4F3N3O2.C3H5F.C2H6/c1-14(10-7-17-19(2)8-10)4-3-9-6-16-12-5-11(15)18-20(12)13(9)14;9-8(10,11)16-7-5(2-12)1-6(3-13-7)14-4-15;1-2-3-4;1-2/h5-8H,3-4H2,1-2H3;1,3-4H,(H,14,15);2H,1,3H2;1-2H3/t14-;;;/m0.../s1. The first kappa shape index (κ1) is 33.3. The predicted octanol–water partition coefficient (Wildman–Crippen LogP) is 5.44. The van der Waals surface area contributed by atoms with Gasteiger partial charge < -0.3 is 10.1 Å². The van der Waals surface area contributed by atoms with E-state index < -0.39 is 30.4 Å². The highest BCUT2D eigenvalue weighted by Crippen LogP contribution is 2.43. The van der Waals surface area contributed by atoms with Crippen molar-refractivity contribution < 1.29 is 31.5 Å². The molecule has 0 aromatic carbocycles. The normalized spacial score (nSPS) is 15.0. The summed E-state index contributed by atoms with van der Waals surface area (Å²) >= 11 is 0. The van der Waals surface area contributed by atoms with Crippen LogP contribution in [0.5, 0.6) is 5.88 Å². The van der Waals surface area contributed by atoms with Crippen LogP contribution in [0, 0.1) is 17.3 Å². The van der Waals surface area contributed by atoms with Crippen molar-refractivity contribution in [2.24, 2.45) is 7.05 Å². The fourth-order valence-electron chi connectivity index (χ4n) is 4.07. The molecule has 4 heterocycles. The number of nitrogens with one attached hydrogen (secondary N) is 1. The van der Waals surface area contributed by atoms with Crippen molar-refractivity contribution >= 4 is 17.7 Å². The number of nitriles is 1. The van der Waals surface area contributed by atoms with E-state index in [1.54, 1.807) is 9.20 Å². The monoisotopic (exact) mass is 592 g/mol. The van der Waals surface area contributed by atoms with E-state index >= 15 is 0 Å². The van der Waals surface area contributed by atoms with Crippen LogP contribution < -0.4 is 10.1 Å². The number of amides is 1. The number of hydrogen-bond acceptors (Lipinski definition) is 7. The maximum absolute atomic E-state index is 13.5. The highest BCUT2D eigenvalue weighted by molar-refractivity contribution is 5.71. The van der Waals surface area contributed by atoms with Crippen LogP contribution in [0.25, 0.3) is 5.65 Å². The first-order valence-corrected chi connectivity index (χ1v) is 12.5. The second-order valence-electron chi connectivity index (χ2n) is 8.55. The molecule has 4 aromatic rings. The predicted molar refractivity (Wildman–Crippen MR) is 144 cm³/mol.